The first-order valence-electron chi connectivity index (χ1n) is 8.43. The van der Waals surface area contributed by atoms with E-state index < -0.39 is 0 Å². The van der Waals surface area contributed by atoms with Gasteiger partial charge in [0, 0.05) is 49.8 Å². The Bertz CT molecular complexity index is 605. The first-order chi connectivity index (χ1) is 11.2. The van der Waals surface area contributed by atoms with E-state index >= 15 is 0 Å². The normalized spacial score (nSPS) is 16.0. The van der Waals surface area contributed by atoms with Gasteiger partial charge in [0.15, 0.2) is 0 Å². The molecule has 1 saturated heterocycles. The highest BCUT2D eigenvalue weighted by molar-refractivity contribution is 5.54. The van der Waals surface area contributed by atoms with Crippen LogP contribution in [0.5, 0.6) is 0 Å². The quantitative estimate of drug-likeness (QED) is 0.852. The number of rotatable bonds is 7. The molecule has 1 aliphatic rings. The van der Waals surface area contributed by atoms with E-state index in [1.165, 1.54) is 12.8 Å². The van der Waals surface area contributed by atoms with Crippen LogP contribution in [0.1, 0.15) is 25.3 Å². The van der Waals surface area contributed by atoms with Gasteiger partial charge in [-0.3, -0.25) is 0 Å². The predicted octanol–water partition coefficient (Wildman–Crippen LogP) is 3.05. The lowest BCUT2D eigenvalue weighted by Crippen LogP contribution is -2.26. The van der Waals surface area contributed by atoms with Gasteiger partial charge in [-0.25, -0.2) is 9.37 Å². The van der Waals surface area contributed by atoms with E-state index in [0.717, 1.165) is 37.4 Å². The molecule has 5 heteroatoms. The Morgan fingerprint density at radius 3 is 2.87 bits per heavy atom. The molecule has 3 rings (SSSR count). The van der Waals surface area contributed by atoms with Gasteiger partial charge in [0.05, 0.1) is 6.33 Å². The minimum Gasteiger partial charge on any atom is -0.371 e. The molecule has 0 saturated carbocycles. The largest absolute Gasteiger partial charge is 0.371 e. The van der Waals surface area contributed by atoms with Crippen molar-refractivity contribution in [1.29, 1.82) is 0 Å². The van der Waals surface area contributed by atoms with E-state index in [0.29, 0.717) is 12.5 Å². The molecule has 0 radical (unpaired) electrons. The van der Waals surface area contributed by atoms with Gasteiger partial charge >= 0.3 is 0 Å². The van der Waals surface area contributed by atoms with Crippen LogP contribution in [0.15, 0.2) is 36.9 Å². The lowest BCUT2D eigenvalue weighted by molar-refractivity contribution is 0.442. The molecule has 0 bridgehead atoms. The number of imidazole rings is 1. The third kappa shape index (κ3) is 4.10. The summed E-state index contributed by atoms with van der Waals surface area (Å²) in [7, 11) is 0. The van der Waals surface area contributed by atoms with Crippen LogP contribution in [-0.2, 0) is 13.1 Å². The number of anilines is 1. The van der Waals surface area contributed by atoms with Gasteiger partial charge in [-0.1, -0.05) is 13.0 Å². The van der Waals surface area contributed by atoms with E-state index in [-0.39, 0.29) is 5.82 Å². The van der Waals surface area contributed by atoms with Crippen LogP contribution in [0.3, 0.4) is 0 Å². The molecule has 1 aliphatic heterocycles. The van der Waals surface area contributed by atoms with Crippen molar-refractivity contribution in [3.63, 3.8) is 0 Å². The lowest BCUT2D eigenvalue weighted by Gasteiger charge is -2.22. The minimum absolute atomic E-state index is 0.107. The van der Waals surface area contributed by atoms with Crippen molar-refractivity contribution in [3.05, 3.63) is 48.3 Å². The van der Waals surface area contributed by atoms with Crippen molar-refractivity contribution in [3.8, 4) is 0 Å². The predicted molar refractivity (Wildman–Crippen MR) is 90.9 cm³/mol. The first-order valence-corrected chi connectivity index (χ1v) is 8.43. The van der Waals surface area contributed by atoms with E-state index in [1.54, 1.807) is 12.3 Å². The summed E-state index contributed by atoms with van der Waals surface area (Å²) in [5.41, 5.74) is 1.85. The number of aromatic nitrogens is 2. The van der Waals surface area contributed by atoms with E-state index in [4.69, 9.17) is 0 Å². The average Bonchev–Trinajstić information content (AvgIpc) is 3.22. The highest BCUT2D eigenvalue weighted by atomic mass is 19.1. The molecule has 1 fully saturated rings. The SMILES string of the molecule is CC(CNCc1c(F)cccc1N1CCCC1)Cn1ccnc1. The number of hydrogen-bond donors (Lipinski definition) is 1. The van der Waals surface area contributed by atoms with Gasteiger partial charge < -0.3 is 14.8 Å². The lowest BCUT2D eigenvalue weighted by atomic mass is 10.1. The fraction of sp³-hybridized carbons (Fsp3) is 0.500. The fourth-order valence-corrected chi connectivity index (χ4v) is 3.24. The van der Waals surface area contributed by atoms with Crippen LogP contribution in [0.2, 0.25) is 0 Å². The van der Waals surface area contributed by atoms with Crippen molar-refractivity contribution < 1.29 is 4.39 Å². The maximum Gasteiger partial charge on any atom is 0.129 e. The molecule has 1 N–H and O–H groups in total. The third-order valence-corrected chi connectivity index (χ3v) is 4.42. The summed E-state index contributed by atoms with van der Waals surface area (Å²) in [5, 5.41) is 3.42. The van der Waals surface area contributed by atoms with Gasteiger partial charge in [-0.05, 0) is 37.4 Å². The molecule has 1 atom stereocenters. The number of benzene rings is 1. The second-order valence-corrected chi connectivity index (χ2v) is 6.43. The number of hydrogen-bond acceptors (Lipinski definition) is 3. The first kappa shape index (κ1) is 16.0. The van der Waals surface area contributed by atoms with Gasteiger partial charge in [-0.2, -0.15) is 0 Å². The molecule has 2 heterocycles. The van der Waals surface area contributed by atoms with E-state index in [1.807, 2.05) is 24.7 Å². The van der Waals surface area contributed by atoms with Crippen molar-refractivity contribution >= 4 is 5.69 Å². The average molecular weight is 316 g/mol. The molecule has 0 spiro atoms. The van der Waals surface area contributed by atoms with Crippen LogP contribution in [0, 0.1) is 11.7 Å². The Kier molecular flexibility index (Phi) is 5.28. The van der Waals surface area contributed by atoms with Crippen LogP contribution in [-0.4, -0.2) is 29.2 Å². The molecule has 4 nitrogen and oxygen atoms in total. The topological polar surface area (TPSA) is 33.1 Å². The zero-order valence-electron chi connectivity index (χ0n) is 13.7. The standard InChI is InChI=1S/C18H25FN4/c1-15(13-22-10-7-20-14-22)11-21-12-16-17(19)5-4-6-18(16)23-8-2-3-9-23/h4-7,10,14-15,21H,2-3,8-9,11-13H2,1H3. The second-order valence-electron chi connectivity index (χ2n) is 6.43. The molecule has 2 aromatic rings. The summed E-state index contributed by atoms with van der Waals surface area (Å²) in [6.45, 7) is 6.61. The third-order valence-electron chi connectivity index (χ3n) is 4.42. The Labute approximate surface area is 137 Å². The molecule has 1 aromatic heterocycles. The zero-order chi connectivity index (χ0) is 16.1. The minimum atomic E-state index is -0.107. The van der Waals surface area contributed by atoms with Crippen LogP contribution in [0.4, 0.5) is 10.1 Å². The summed E-state index contributed by atoms with van der Waals surface area (Å²) in [6, 6.07) is 5.42. The Morgan fingerprint density at radius 2 is 2.13 bits per heavy atom. The van der Waals surface area contributed by atoms with Gasteiger partial charge in [-0.15, -0.1) is 0 Å². The number of nitrogens with zero attached hydrogens (tertiary/aromatic N) is 3. The molecular weight excluding hydrogens is 291 g/mol. The summed E-state index contributed by atoms with van der Waals surface area (Å²) >= 11 is 0. The second kappa shape index (κ2) is 7.59. The Balaban J connectivity index is 1.57. The maximum absolute atomic E-state index is 14.3. The molecule has 0 aliphatic carbocycles. The summed E-state index contributed by atoms with van der Waals surface area (Å²) in [6.07, 6.45) is 8.00. The van der Waals surface area contributed by atoms with Crippen LogP contribution in [0.25, 0.3) is 0 Å². The van der Waals surface area contributed by atoms with Crippen molar-refractivity contribution in [2.24, 2.45) is 5.92 Å². The Hall–Kier alpha value is -1.88. The van der Waals surface area contributed by atoms with Crippen LogP contribution >= 0.6 is 0 Å². The molecule has 124 valence electrons. The molecular formula is C18H25FN4. The van der Waals surface area contributed by atoms with Gasteiger partial charge in [0.1, 0.15) is 5.82 Å². The highest BCUT2D eigenvalue weighted by Crippen LogP contribution is 2.26. The molecule has 1 unspecified atom stereocenters. The molecule has 23 heavy (non-hydrogen) atoms. The summed E-state index contributed by atoms with van der Waals surface area (Å²) in [5.74, 6) is 0.357. The summed E-state index contributed by atoms with van der Waals surface area (Å²) < 4.78 is 16.3. The maximum atomic E-state index is 14.3. The smallest absolute Gasteiger partial charge is 0.129 e. The van der Waals surface area contributed by atoms with Crippen molar-refractivity contribution in [1.82, 2.24) is 14.9 Å². The highest BCUT2D eigenvalue weighted by Gasteiger charge is 2.18. The molecule has 0 amide bonds. The number of halogens is 1. The van der Waals surface area contributed by atoms with E-state index in [9.17, 15) is 4.39 Å². The van der Waals surface area contributed by atoms with Crippen LogP contribution < -0.4 is 10.2 Å². The monoisotopic (exact) mass is 316 g/mol. The Morgan fingerprint density at radius 1 is 1.30 bits per heavy atom. The summed E-state index contributed by atoms with van der Waals surface area (Å²) in [4.78, 5) is 6.36. The van der Waals surface area contributed by atoms with Crippen molar-refractivity contribution in [2.45, 2.75) is 32.9 Å². The fourth-order valence-electron chi connectivity index (χ4n) is 3.24. The van der Waals surface area contributed by atoms with E-state index in [2.05, 4.69) is 26.7 Å². The van der Waals surface area contributed by atoms with Gasteiger partial charge in [0.25, 0.3) is 0 Å². The molecule has 1 aromatic carbocycles. The zero-order valence-corrected chi connectivity index (χ0v) is 13.7. The van der Waals surface area contributed by atoms with Gasteiger partial charge in [0.2, 0.25) is 0 Å². The number of nitrogens with one attached hydrogen (secondary N) is 1. The van der Waals surface area contributed by atoms with Crippen molar-refractivity contribution in [2.75, 3.05) is 24.5 Å².